The van der Waals surface area contributed by atoms with Gasteiger partial charge >= 0.3 is 0 Å². The van der Waals surface area contributed by atoms with E-state index in [0.29, 0.717) is 10.7 Å². The first-order valence-electron chi connectivity index (χ1n) is 11.6. The summed E-state index contributed by atoms with van der Waals surface area (Å²) >= 11 is 8.04. The quantitative estimate of drug-likeness (QED) is 0.400. The Kier molecular flexibility index (Phi) is 5.36. The molecule has 8 unspecified atom stereocenters. The highest BCUT2D eigenvalue weighted by Gasteiger charge is 2.57. The van der Waals surface area contributed by atoms with Gasteiger partial charge in [-0.1, -0.05) is 76.4 Å². The molecular weight excluding hydrogens is 486 g/mol. The highest BCUT2D eigenvalue weighted by Crippen LogP contribution is 2.63. The second kappa shape index (κ2) is 7.48. The van der Waals surface area contributed by atoms with Crippen LogP contribution in [0.3, 0.4) is 0 Å². The Morgan fingerprint density at radius 1 is 1.10 bits per heavy atom. The molecule has 1 aromatic carbocycles. The topological polar surface area (TPSA) is 12.0 Å². The molecule has 2 saturated carbocycles. The van der Waals surface area contributed by atoms with Crippen molar-refractivity contribution in [2.75, 3.05) is 6.54 Å². The van der Waals surface area contributed by atoms with Crippen LogP contribution in [0.4, 0.5) is 0 Å². The predicted molar refractivity (Wildman–Crippen MR) is 130 cm³/mol. The average molecular weight is 521 g/mol. The SMILES string of the molecule is CC1=Cc2c(Br)cccc2C1C(C)(C)C1C(C)CC2C(Br)C3CCCNC3CC21. The fraction of sp³-hybridized carbons (Fsp3) is 0.692. The highest BCUT2D eigenvalue weighted by molar-refractivity contribution is 9.10. The van der Waals surface area contributed by atoms with Gasteiger partial charge in [-0.25, -0.2) is 0 Å². The minimum Gasteiger partial charge on any atom is -0.314 e. The molecule has 3 fully saturated rings. The average Bonchev–Trinajstić information content (AvgIpc) is 3.20. The third-order valence-corrected chi connectivity index (χ3v) is 11.1. The third kappa shape index (κ3) is 3.16. The maximum absolute atomic E-state index is 4.23. The molecule has 0 bridgehead atoms. The first-order valence-corrected chi connectivity index (χ1v) is 13.4. The van der Waals surface area contributed by atoms with E-state index in [1.807, 2.05) is 0 Å². The number of hydrogen-bond acceptors (Lipinski definition) is 1. The minimum atomic E-state index is 0.264. The summed E-state index contributed by atoms with van der Waals surface area (Å²) in [5.74, 6) is 4.62. The van der Waals surface area contributed by atoms with Crippen molar-refractivity contribution in [2.24, 2.45) is 35.0 Å². The summed E-state index contributed by atoms with van der Waals surface area (Å²) in [5.41, 5.74) is 4.77. The molecule has 4 aliphatic rings. The standard InChI is InChI=1S/C26H35Br2N/c1-14-11-18-16(7-5-9-21(18)27)23(14)26(3,4)24-15(2)12-20-19(24)13-22-17(25(20)28)8-6-10-29-22/h5,7,9,11,15,17,19-20,22-25,29H,6,8,10,12-13H2,1-4H3. The van der Waals surface area contributed by atoms with Crippen LogP contribution >= 0.6 is 31.9 Å². The van der Waals surface area contributed by atoms with Crippen molar-refractivity contribution in [3.8, 4) is 0 Å². The van der Waals surface area contributed by atoms with Crippen LogP contribution in [-0.2, 0) is 0 Å². The zero-order valence-corrected chi connectivity index (χ0v) is 21.4. The summed E-state index contributed by atoms with van der Waals surface area (Å²) in [6.07, 6.45) is 7.99. The van der Waals surface area contributed by atoms with E-state index in [-0.39, 0.29) is 5.41 Å². The Labute approximate surface area is 193 Å². The molecule has 0 radical (unpaired) electrons. The van der Waals surface area contributed by atoms with Crippen LogP contribution in [0.25, 0.3) is 6.08 Å². The number of allylic oxidation sites excluding steroid dienone is 1. The number of rotatable bonds is 2. The lowest BCUT2D eigenvalue weighted by Gasteiger charge is -2.50. The lowest BCUT2D eigenvalue weighted by Crippen LogP contribution is -2.53. The fourth-order valence-corrected chi connectivity index (χ4v) is 10.1. The summed E-state index contributed by atoms with van der Waals surface area (Å²) in [7, 11) is 0. The Morgan fingerprint density at radius 3 is 2.69 bits per heavy atom. The van der Waals surface area contributed by atoms with E-state index >= 15 is 0 Å². The van der Waals surface area contributed by atoms with Crippen molar-refractivity contribution in [3.05, 3.63) is 39.4 Å². The van der Waals surface area contributed by atoms with Crippen molar-refractivity contribution < 1.29 is 0 Å². The van der Waals surface area contributed by atoms with E-state index in [1.165, 1.54) is 47.8 Å². The molecule has 29 heavy (non-hydrogen) atoms. The minimum absolute atomic E-state index is 0.264. The van der Waals surface area contributed by atoms with Crippen LogP contribution in [0.5, 0.6) is 0 Å². The van der Waals surface area contributed by atoms with Gasteiger partial charge in [0, 0.05) is 21.3 Å². The van der Waals surface area contributed by atoms with Gasteiger partial charge in [-0.2, -0.15) is 0 Å². The number of halogens is 2. The molecule has 1 aromatic rings. The van der Waals surface area contributed by atoms with Crippen LogP contribution in [0, 0.1) is 35.0 Å². The zero-order valence-electron chi connectivity index (χ0n) is 18.2. The van der Waals surface area contributed by atoms with Crippen LogP contribution in [0.1, 0.15) is 70.4 Å². The molecule has 0 spiro atoms. The van der Waals surface area contributed by atoms with Crippen molar-refractivity contribution >= 4 is 37.9 Å². The van der Waals surface area contributed by atoms with Gasteiger partial charge in [0.05, 0.1) is 0 Å². The highest BCUT2D eigenvalue weighted by atomic mass is 79.9. The molecular formula is C26H35Br2N. The molecule has 3 heteroatoms. The van der Waals surface area contributed by atoms with E-state index in [2.05, 4.69) is 89.1 Å². The zero-order chi connectivity index (χ0) is 20.5. The molecule has 1 heterocycles. The summed E-state index contributed by atoms with van der Waals surface area (Å²) < 4.78 is 1.25. The van der Waals surface area contributed by atoms with Crippen LogP contribution in [0.15, 0.2) is 28.2 Å². The Bertz CT molecular complexity index is 828. The van der Waals surface area contributed by atoms with E-state index in [4.69, 9.17) is 0 Å². The van der Waals surface area contributed by atoms with E-state index in [9.17, 15) is 0 Å². The molecule has 1 saturated heterocycles. The Balaban J connectivity index is 1.50. The maximum Gasteiger partial charge on any atom is 0.0250 e. The Morgan fingerprint density at radius 2 is 1.90 bits per heavy atom. The number of hydrogen-bond donors (Lipinski definition) is 1. The summed E-state index contributed by atoms with van der Waals surface area (Å²) in [5, 5.41) is 3.90. The number of nitrogens with one attached hydrogen (secondary N) is 1. The molecule has 1 N–H and O–H groups in total. The fourth-order valence-electron chi connectivity index (χ4n) is 8.33. The molecule has 3 aliphatic carbocycles. The number of piperidine rings is 1. The molecule has 158 valence electrons. The first-order chi connectivity index (χ1) is 13.8. The van der Waals surface area contributed by atoms with Gasteiger partial charge in [0.1, 0.15) is 0 Å². The van der Waals surface area contributed by atoms with Crippen molar-refractivity contribution in [1.29, 1.82) is 0 Å². The van der Waals surface area contributed by atoms with Gasteiger partial charge < -0.3 is 5.32 Å². The summed E-state index contributed by atoms with van der Waals surface area (Å²) in [6.45, 7) is 11.3. The smallest absolute Gasteiger partial charge is 0.0250 e. The van der Waals surface area contributed by atoms with Crippen molar-refractivity contribution in [3.63, 3.8) is 0 Å². The van der Waals surface area contributed by atoms with Crippen LogP contribution in [0.2, 0.25) is 0 Å². The van der Waals surface area contributed by atoms with Crippen LogP contribution < -0.4 is 5.32 Å². The lowest BCUT2D eigenvalue weighted by molar-refractivity contribution is 0.0508. The van der Waals surface area contributed by atoms with Crippen molar-refractivity contribution in [2.45, 2.75) is 70.2 Å². The second-order valence-electron chi connectivity index (χ2n) is 11.0. The van der Waals surface area contributed by atoms with Gasteiger partial charge in [-0.3, -0.25) is 0 Å². The van der Waals surface area contributed by atoms with Gasteiger partial charge in [0.2, 0.25) is 0 Å². The van der Waals surface area contributed by atoms with E-state index in [1.54, 1.807) is 5.57 Å². The summed E-state index contributed by atoms with van der Waals surface area (Å²) in [6, 6.07) is 7.52. The lowest BCUT2D eigenvalue weighted by atomic mass is 9.57. The maximum atomic E-state index is 4.23. The third-order valence-electron chi connectivity index (χ3n) is 9.08. The number of alkyl halides is 1. The molecule has 8 atom stereocenters. The normalized spacial score (nSPS) is 41.5. The number of benzene rings is 1. The van der Waals surface area contributed by atoms with E-state index < -0.39 is 0 Å². The van der Waals surface area contributed by atoms with Crippen molar-refractivity contribution in [1.82, 2.24) is 5.32 Å². The second-order valence-corrected chi connectivity index (χ2v) is 12.9. The van der Waals surface area contributed by atoms with Gasteiger partial charge in [-0.15, -0.1) is 0 Å². The molecule has 1 aliphatic heterocycles. The first kappa shape index (κ1) is 20.8. The largest absolute Gasteiger partial charge is 0.314 e. The Hall–Kier alpha value is -0.120. The van der Waals surface area contributed by atoms with Crippen LogP contribution in [-0.4, -0.2) is 17.4 Å². The summed E-state index contributed by atoms with van der Waals surface area (Å²) in [4.78, 5) is 0.698. The monoisotopic (exact) mass is 519 g/mol. The molecule has 5 rings (SSSR count). The molecule has 0 aromatic heterocycles. The van der Waals surface area contributed by atoms with E-state index in [0.717, 1.165) is 35.6 Å². The van der Waals surface area contributed by atoms with Gasteiger partial charge in [0.25, 0.3) is 0 Å². The van der Waals surface area contributed by atoms with Gasteiger partial charge in [-0.05, 0) is 91.3 Å². The molecule has 1 nitrogen and oxygen atoms in total. The molecule has 0 amide bonds. The van der Waals surface area contributed by atoms with Gasteiger partial charge in [0.15, 0.2) is 0 Å². The predicted octanol–water partition coefficient (Wildman–Crippen LogP) is 7.40. The number of fused-ring (bicyclic) bond motifs is 3.